The molecule has 8 bridgehead atoms. The van der Waals surface area contributed by atoms with Crippen molar-refractivity contribution in [2.45, 2.75) is 130 Å². The van der Waals surface area contributed by atoms with Gasteiger partial charge < -0.3 is 40.5 Å². The number of carbonyl (C=O) groups excluding carboxylic acids is 2. The second-order valence-corrected chi connectivity index (χ2v) is 21.0. The lowest BCUT2D eigenvalue weighted by molar-refractivity contribution is -0.124. The number of hydrogen-bond acceptors (Lipinski definition) is 8. The van der Waals surface area contributed by atoms with E-state index in [9.17, 15) is 30.0 Å². The highest BCUT2D eigenvalue weighted by atomic mass is 16.5. The van der Waals surface area contributed by atoms with Crippen LogP contribution in [0.5, 0.6) is 23.0 Å². The van der Waals surface area contributed by atoms with Crippen molar-refractivity contribution in [3.8, 4) is 23.0 Å². The summed E-state index contributed by atoms with van der Waals surface area (Å²) >= 11 is 0. The van der Waals surface area contributed by atoms with Gasteiger partial charge >= 0.3 is 0 Å². The summed E-state index contributed by atoms with van der Waals surface area (Å²) in [5, 5.41) is 49.1. The van der Waals surface area contributed by atoms with E-state index in [2.05, 4.69) is 118 Å². The van der Waals surface area contributed by atoms with E-state index in [1.165, 1.54) is 0 Å². The number of nitrogens with one attached hydrogen (secondary N) is 2. The number of benzene rings is 4. The SMILES string of the molecule is CC(C)(C)c1cc2c(O)c(c1)Cc1cc(C(C)(C)C)cc(c1OCC(=O)NCCO)Cc1cc(C(C)(C)C)cc(c1O)Cc1cc(C(C)(C)C)cc(c1OCC(=O)NCCO)C2. The summed E-state index contributed by atoms with van der Waals surface area (Å²) in [7, 11) is 0. The second-order valence-electron chi connectivity index (χ2n) is 21.0. The lowest BCUT2D eigenvalue weighted by Crippen LogP contribution is -2.31. The van der Waals surface area contributed by atoms with Gasteiger partial charge in [0, 0.05) is 38.8 Å². The molecule has 0 saturated carbocycles. The topological polar surface area (TPSA) is 158 Å². The molecule has 0 radical (unpaired) electrons. The van der Waals surface area contributed by atoms with E-state index in [1.54, 1.807) is 0 Å². The maximum absolute atomic E-state index is 13.0. The first-order valence-corrected chi connectivity index (χ1v) is 21.8. The van der Waals surface area contributed by atoms with Crippen LogP contribution < -0.4 is 20.1 Å². The Balaban J connectivity index is 1.91. The zero-order chi connectivity index (χ0) is 45.9. The minimum atomic E-state index is -0.377. The fourth-order valence-corrected chi connectivity index (χ4v) is 7.78. The molecule has 5 rings (SSSR count). The molecule has 0 saturated heterocycles. The largest absolute Gasteiger partial charge is 0.507 e. The monoisotopic (exact) mass is 851 g/mol. The smallest absolute Gasteiger partial charge is 0.258 e. The van der Waals surface area contributed by atoms with E-state index in [1.807, 2.05) is 24.3 Å². The first kappa shape index (κ1) is 48.0. The van der Waals surface area contributed by atoms with Crippen molar-refractivity contribution in [1.29, 1.82) is 0 Å². The summed E-state index contributed by atoms with van der Waals surface area (Å²) in [6.07, 6.45) is 1.09. The van der Waals surface area contributed by atoms with Gasteiger partial charge in [0.2, 0.25) is 0 Å². The first-order chi connectivity index (χ1) is 28.8. The van der Waals surface area contributed by atoms with Crippen LogP contribution in [0.4, 0.5) is 0 Å². The van der Waals surface area contributed by atoms with Crippen LogP contribution in [0.1, 0.15) is 150 Å². The molecule has 0 fully saturated rings. The van der Waals surface area contributed by atoms with Gasteiger partial charge in [-0.25, -0.2) is 0 Å². The summed E-state index contributed by atoms with van der Waals surface area (Å²) in [4.78, 5) is 26.0. The Hall–Kier alpha value is -5.06. The predicted octanol–water partition coefficient (Wildman–Crippen LogP) is 7.94. The first-order valence-electron chi connectivity index (χ1n) is 21.8. The minimum Gasteiger partial charge on any atom is -0.507 e. The lowest BCUT2D eigenvalue weighted by Gasteiger charge is -2.28. The number of phenols is 2. The Morgan fingerprint density at radius 1 is 0.452 bits per heavy atom. The van der Waals surface area contributed by atoms with Gasteiger partial charge in [0.15, 0.2) is 13.2 Å². The van der Waals surface area contributed by atoms with Crippen molar-refractivity contribution in [2.24, 2.45) is 0 Å². The van der Waals surface area contributed by atoms with Crippen molar-refractivity contribution in [3.05, 3.63) is 115 Å². The number of hydrogen-bond donors (Lipinski definition) is 6. The predicted molar refractivity (Wildman–Crippen MR) is 246 cm³/mol. The molecule has 0 atom stereocenters. The molecule has 62 heavy (non-hydrogen) atoms. The second kappa shape index (κ2) is 18.7. The number of phenolic OH excluding ortho intramolecular Hbond substituents is 2. The van der Waals surface area contributed by atoms with E-state index < -0.39 is 0 Å². The van der Waals surface area contributed by atoms with Gasteiger partial charge in [-0.2, -0.15) is 0 Å². The van der Waals surface area contributed by atoms with Gasteiger partial charge in [0.05, 0.1) is 13.2 Å². The molecular weight excluding hydrogens is 781 g/mol. The molecule has 1 aliphatic rings. The van der Waals surface area contributed by atoms with E-state index in [-0.39, 0.29) is 110 Å². The molecule has 336 valence electrons. The standard InChI is InChI=1S/C52H70N2O8/c1-49(2,3)39-21-31-17-35-25-41(51(7,8)9)27-37(47(35)61-29-43(57)53-13-15-55)19-33-23-40(50(4,5)6)24-34(46(33)60)20-38-28-42(52(10,11)12)26-36(18-32(22-39)45(31)59)48(38)62-30-44(58)54-14-16-56/h21-28,55-56,59-60H,13-20,29-30H2,1-12H3,(H,53,57)(H,54,58). The molecular formula is C52H70N2O8. The number of aliphatic hydroxyl groups excluding tert-OH is 2. The Morgan fingerprint density at radius 3 is 0.887 bits per heavy atom. The number of aliphatic hydroxyl groups is 2. The van der Waals surface area contributed by atoms with Crippen LogP contribution in [-0.2, 0) is 56.9 Å². The number of fused-ring (bicyclic) bond motifs is 8. The van der Waals surface area contributed by atoms with Crippen LogP contribution >= 0.6 is 0 Å². The molecule has 6 N–H and O–H groups in total. The van der Waals surface area contributed by atoms with Crippen LogP contribution in [0.2, 0.25) is 0 Å². The van der Waals surface area contributed by atoms with Crippen LogP contribution in [0.3, 0.4) is 0 Å². The number of carbonyl (C=O) groups is 2. The van der Waals surface area contributed by atoms with Crippen LogP contribution in [-0.4, -0.2) is 71.8 Å². The highest BCUT2D eigenvalue weighted by Crippen LogP contribution is 2.43. The number of rotatable bonds is 10. The van der Waals surface area contributed by atoms with Crippen LogP contribution in [0, 0.1) is 0 Å². The van der Waals surface area contributed by atoms with Gasteiger partial charge in [-0.05, 0) is 88.4 Å². The number of ether oxygens (including phenoxy) is 2. The van der Waals surface area contributed by atoms with Gasteiger partial charge in [-0.3, -0.25) is 9.59 Å². The third kappa shape index (κ3) is 11.7. The Bertz CT molecular complexity index is 2020. The van der Waals surface area contributed by atoms with Gasteiger partial charge in [-0.15, -0.1) is 0 Å². The molecule has 2 amide bonds. The molecule has 4 aromatic carbocycles. The van der Waals surface area contributed by atoms with E-state index >= 15 is 0 Å². The molecule has 0 spiro atoms. The fourth-order valence-electron chi connectivity index (χ4n) is 7.78. The third-order valence-electron chi connectivity index (χ3n) is 11.6. The normalized spacial score (nSPS) is 13.4. The van der Waals surface area contributed by atoms with Gasteiger partial charge in [0.1, 0.15) is 23.0 Å². The number of amides is 2. The van der Waals surface area contributed by atoms with E-state index in [0.717, 1.165) is 44.5 Å². The fraction of sp³-hybridized carbons (Fsp3) is 0.500. The van der Waals surface area contributed by atoms with Gasteiger partial charge in [0.25, 0.3) is 11.8 Å². The van der Waals surface area contributed by atoms with Gasteiger partial charge in [-0.1, -0.05) is 132 Å². The highest BCUT2D eigenvalue weighted by molar-refractivity contribution is 5.78. The summed E-state index contributed by atoms with van der Waals surface area (Å²) in [6, 6.07) is 16.6. The Morgan fingerprint density at radius 2 is 0.677 bits per heavy atom. The molecule has 10 nitrogen and oxygen atoms in total. The molecule has 0 unspecified atom stereocenters. The molecule has 0 heterocycles. The number of aromatic hydroxyl groups is 2. The quantitative estimate of drug-likeness (QED) is 0.0828. The Kier molecular flexibility index (Phi) is 14.5. The lowest BCUT2D eigenvalue weighted by atomic mass is 9.79. The zero-order valence-electron chi connectivity index (χ0n) is 39.1. The van der Waals surface area contributed by atoms with Crippen molar-refractivity contribution >= 4 is 11.8 Å². The highest BCUT2D eigenvalue weighted by Gasteiger charge is 2.29. The van der Waals surface area contributed by atoms with Crippen molar-refractivity contribution in [2.75, 3.05) is 39.5 Å². The summed E-state index contributed by atoms with van der Waals surface area (Å²) in [5.41, 5.74) is 8.80. The van der Waals surface area contributed by atoms with Crippen molar-refractivity contribution < 1.29 is 39.5 Å². The molecule has 0 aromatic heterocycles. The molecule has 1 aliphatic carbocycles. The van der Waals surface area contributed by atoms with Crippen molar-refractivity contribution in [3.63, 3.8) is 0 Å². The molecule has 0 aliphatic heterocycles. The molecule has 4 aromatic rings. The zero-order valence-corrected chi connectivity index (χ0v) is 39.1. The van der Waals surface area contributed by atoms with Crippen LogP contribution in [0.25, 0.3) is 0 Å². The van der Waals surface area contributed by atoms with Crippen LogP contribution in [0.15, 0.2) is 48.5 Å². The maximum atomic E-state index is 13.0. The average molecular weight is 851 g/mol. The summed E-state index contributed by atoms with van der Waals surface area (Å²) < 4.78 is 13.0. The summed E-state index contributed by atoms with van der Waals surface area (Å²) in [6.45, 7) is 24.9. The average Bonchev–Trinajstić information content (AvgIpc) is 3.16. The Labute approximate surface area is 369 Å². The van der Waals surface area contributed by atoms with E-state index in [0.29, 0.717) is 33.8 Å². The third-order valence-corrected chi connectivity index (χ3v) is 11.6. The van der Waals surface area contributed by atoms with Crippen molar-refractivity contribution in [1.82, 2.24) is 10.6 Å². The summed E-state index contributed by atoms with van der Waals surface area (Å²) in [5.74, 6) is 0.514. The van der Waals surface area contributed by atoms with E-state index in [4.69, 9.17) is 9.47 Å². The molecule has 10 heteroatoms. The minimum absolute atomic E-state index is 0.0975. The maximum Gasteiger partial charge on any atom is 0.258 e.